The molecule has 1 saturated heterocycles. The van der Waals surface area contributed by atoms with Crippen molar-refractivity contribution in [2.45, 2.75) is 31.7 Å². The molecule has 122 valence electrons. The summed E-state index contributed by atoms with van der Waals surface area (Å²) < 4.78 is 43.3. The van der Waals surface area contributed by atoms with E-state index in [2.05, 4.69) is 0 Å². The van der Waals surface area contributed by atoms with E-state index in [4.69, 9.17) is 4.74 Å². The van der Waals surface area contributed by atoms with Crippen LogP contribution in [-0.2, 0) is 15.7 Å². The van der Waals surface area contributed by atoms with Crippen LogP contribution in [-0.4, -0.2) is 41.8 Å². The normalized spacial score (nSPS) is 22.8. The lowest BCUT2D eigenvalue weighted by Gasteiger charge is -2.24. The average molecular weight is 317 g/mol. The van der Waals surface area contributed by atoms with Gasteiger partial charge in [-0.2, -0.15) is 13.2 Å². The summed E-state index contributed by atoms with van der Waals surface area (Å²) in [5, 5.41) is 9.79. The van der Waals surface area contributed by atoms with E-state index in [0.29, 0.717) is 12.0 Å². The highest BCUT2D eigenvalue weighted by molar-refractivity contribution is 5.71. The van der Waals surface area contributed by atoms with Gasteiger partial charge in [0.1, 0.15) is 0 Å². The molecule has 1 N–H and O–H groups in total. The first-order valence-corrected chi connectivity index (χ1v) is 7.06. The number of aliphatic hydroxyl groups is 1. The summed E-state index contributed by atoms with van der Waals surface area (Å²) in [5.41, 5.74) is -0.293. The van der Waals surface area contributed by atoms with Crippen LogP contribution in [0.3, 0.4) is 0 Å². The molecular weight excluding hydrogens is 299 g/mol. The number of nitrogens with zero attached hydrogens (tertiary/aromatic N) is 1. The first-order chi connectivity index (χ1) is 10.3. The largest absolute Gasteiger partial charge is 0.465 e. The minimum atomic E-state index is -4.42. The number of halogens is 3. The highest BCUT2D eigenvalue weighted by atomic mass is 19.4. The molecule has 1 aromatic carbocycles. The van der Waals surface area contributed by atoms with E-state index in [9.17, 15) is 23.1 Å². The monoisotopic (exact) mass is 317 g/mol. The number of likely N-dealkylation sites (tertiary alicyclic amines) is 1. The second-order valence-electron chi connectivity index (χ2n) is 5.26. The zero-order chi connectivity index (χ0) is 16.3. The van der Waals surface area contributed by atoms with Gasteiger partial charge in [-0.3, -0.25) is 9.69 Å². The highest BCUT2D eigenvalue weighted by Gasteiger charge is 2.36. The Balaban J connectivity index is 2.20. The maximum absolute atomic E-state index is 12.8. The number of aliphatic hydroxyl groups excluding tert-OH is 1. The van der Waals surface area contributed by atoms with Gasteiger partial charge in [-0.1, -0.05) is 12.1 Å². The van der Waals surface area contributed by atoms with Gasteiger partial charge in [0.15, 0.2) is 0 Å². The van der Waals surface area contributed by atoms with Crippen LogP contribution in [0, 0.1) is 0 Å². The van der Waals surface area contributed by atoms with Crippen molar-refractivity contribution in [3.63, 3.8) is 0 Å². The zero-order valence-corrected chi connectivity index (χ0v) is 12.1. The Hall–Kier alpha value is -1.60. The third-order valence-electron chi connectivity index (χ3n) is 3.62. The van der Waals surface area contributed by atoms with Gasteiger partial charge in [0.25, 0.3) is 0 Å². The molecule has 22 heavy (non-hydrogen) atoms. The molecule has 0 aliphatic carbocycles. The van der Waals surface area contributed by atoms with Crippen LogP contribution in [0.5, 0.6) is 0 Å². The van der Waals surface area contributed by atoms with E-state index < -0.39 is 29.9 Å². The fourth-order valence-corrected chi connectivity index (χ4v) is 2.70. The Labute approximate surface area is 126 Å². The zero-order valence-electron chi connectivity index (χ0n) is 12.1. The molecule has 1 aliphatic rings. The van der Waals surface area contributed by atoms with E-state index >= 15 is 0 Å². The molecule has 2 rings (SSSR count). The number of alkyl halides is 3. The fraction of sp³-hybridized carbons (Fsp3) is 0.533. The van der Waals surface area contributed by atoms with E-state index in [0.717, 1.165) is 12.1 Å². The minimum absolute atomic E-state index is 0.0498. The summed E-state index contributed by atoms with van der Waals surface area (Å²) in [4.78, 5) is 13.2. The molecule has 7 heteroatoms. The van der Waals surface area contributed by atoms with Crippen molar-refractivity contribution >= 4 is 5.97 Å². The van der Waals surface area contributed by atoms with Crippen molar-refractivity contribution in [3.8, 4) is 0 Å². The van der Waals surface area contributed by atoms with E-state index in [1.807, 2.05) is 0 Å². The molecule has 0 unspecified atom stereocenters. The average Bonchev–Trinajstić information content (AvgIpc) is 2.79. The summed E-state index contributed by atoms with van der Waals surface area (Å²) in [6.07, 6.45) is -4.80. The van der Waals surface area contributed by atoms with E-state index in [1.54, 1.807) is 17.9 Å². The van der Waals surface area contributed by atoms with Gasteiger partial charge in [-0.15, -0.1) is 0 Å². The number of hydrogen-bond donors (Lipinski definition) is 1. The number of esters is 1. The van der Waals surface area contributed by atoms with Crippen LogP contribution in [0.25, 0.3) is 0 Å². The van der Waals surface area contributed by atoms with Crippen molar-refractivity contribution in [3.05, 3.63) is 35.4 Å². The first kappa shape index (κ1) is 16.8. The Bertz CT molecular complexity index is 533. The van der Waals surface area contributed by atoms with Crippen LogP contribution in [0.2, 0.25) is 0 Å². The third kappa shape index (κ3) is 3.98. The number of ether oxygens (including phenoxy) is 1. The lowest BCUT2D eigenvalue weighted by atomic mass is 10.0. The fourth-order valence-electron chi connectivity index (χ4n) is 2.70. The van der Waals surface area contributed by atoms with Crippen molar-refractivity contribution in [1.82, 2.24) is 4.90 Å². The second kappa shape index (κ2) is 6.66. The molecule has 0 saturated carbocycles. The Morgan fingerprint density at radius 2 is 2.18 bits per heavy atom. The molecule has 1 fully saturated rings. The Morgan fingerprint density at radius 1 is 1.45 bits per heavy atom. The highest BCUT2D eigenvalue weighted by Crippen LogP contribution is 2.35. The maximum atomic E-state index is 12.8. The molecule has 1 heterocycles. The van der Waals surface area contributed by atoms with Gasteiger partial charge >= 0.3 is 12.1 Å². The van der Waals surface area contributed by atoms with Crippen molar-refractivity contribution < 1.29 is 27.8 Å². The van der Waals surface area contributed by atoms with Crippen molar-refractivity contribution in [2.75, 3.05) is 19.7 Å². The van der Waals surface area contributed by atoms with Gasteiger partial charge in [0.05, 0.1) is 24.8 Å². The number of rotatable bonds is 4. The summed E-state index contributed by atoms with van der Waals surface area (Å²) in [6.45, 7) is 2.11. The summed E-state index contributed by atoms with van der Waals surface area (Å²) in [5.74, 6) is -0.450. The molecule has 2 atom stereocenters. The van der Waals surface area contributed by atoms with Crippen LogP contribution in [0.4, 0.5) is 13.2 Å². The number of carbonyl (C=O) groups is 1. The SMILES string of the molecule is CCOC(=O)CN1C[C@@H](O)C[C@H]1c1cccc(C(F)(F)F)c1. The topological polar surface area (TPSA) is 49.8 Å². The molecule has 0 spiro atoms. The van der Waals surface area contributed by atoms with Crippen molar-refractivity contribution in [1.29, 1.82) is 0 Å². The van der Waals surface area contributed by atoms with Crippen LogP contribution in [0.1, 0.15) is 30.5 Å². The summed E-state index contributed by atoms with van der Waals surface area (Å²) in [6, 6.07) is 4.56. The lowest BCUT2D eigenvalue weighted by molar-refractivity contribution is -0.144. The molecule has 1 aromatic rings. The molecule has 4 nitrogen and oxygen atoms in total. The minimum Gasteiger partial charge on any atom is -0.465 e. The molecular formula is C15H18F3NO3. The number of hydrogen-bond acceptors (Lipinski definition) is 4. The van der Waals surface area contributed by atoms with Crippen LogP contribution in [0.15, 0.2) is 24.3 Å². The van der Waals surface area contributed by atoms with Crippen LogP contribution >= 0.6 is 0 Å². The van der Waals surface area contributed by atoms with E-state index in [-0.39, 0.29) is 19.7 Å². The number of benzene rings is 1. The van der Waals surface area contributed by atoms with Gasteiger partial charge in [-0.25, -0.2) is 0 Å². The third-order valence-corrected chi connectivity index (χ3v) is 3.62. The Kier molecular flexibility index (Phi) is 5.08. The van der Waals surface area contributed by atoms with Gasteiger partial charge < -0.3 is 9.84 Å². The van der Waals surface area contributed by atoms with Gasteiger partial charge in [0.2, 0.25) is 0 Å². The molecule has 0 amide bonds. The first-order valence-electron chi connectivity index (χ1n) is 7.06. The van der Waals surface area contributed by atoms with Gasteiger partial charge in [0, 0.05) is 12.6 Å². The molecule has 0 aromatic heterocycles. The standard InChI is InChI=1S/C15H18F3NO3/c1-2-22-14(21)9-19-8-12(20)7-13(19)10-4-3-5-11(6-10)15(16,17)18/h3-6,12-13,20H,2,7-9H2,1H3/t12-,13-/m0/s1. The molecule has 0 radical (unpaired) electrons. The van der Waals surface area contributed by atoms with Gasteiger partial charge in [-0.05, 0) is 31.0 Å². The smallest absolute Gasteiger partial charge is 0.416 e. The molecule has 1 aliphatic heterocycles. The Morgan fingerprint density at radius 3 is 2.82 bits per heavy atom. The lowest BCUT2D eigenvalue weighted by Crippen LogP contribution is -2.31. The summed E-state index contributed by atoms with van der Waals surface area (Å²) >= 11 is 0. The second-order valence-corrected chi connectivity index (χ2v) is 5.26. The quantitative estimate of drug-likeness (QED) is 0.866. The molecule has 0 bridgehead atoms. The predicted molar refractivity (Wildman–Crippen MR) is 73.0 cm³/mol. The number of carbonyl (C=O) groups excluding carboxylic acids is 1. The predicted octanol–water partition coefficient (Wildman–Crippen LogP) is 2.38. The van der Waals surface area contributed by atoms with E-state index in [1.165, 1.54) is 6.07 Å². The van der Waals surface area contributed by atoms with Crippen LogP contribution < -0.4 is 0 Å². The summed E-state index contributed by atoms with van der Waals surface area (Å²) in [7, 11) is 0. The number of β-amino-alcohol motifs (C(OH)–C–C–N with tert-alkyl or cyclic N) is 1. The maximum Gasteiger partial charge on any atom is 0.416 e. The van der Waals surface area contributed by atoms with Crippen molar-refractivity contribution in [2.24, 2.45) is 0 Å².